The van der Waals surface area contributed by atoms with Crippen LogP contribution in [0, 0.1) is 0 Å². The SMILES string of the molecule is COc1ccc(NC(=O)c2cccnc2NC2CC2)cc1Cl. The molecule has 2 aromatic rings. The molecule has 0 saturated heterocycles. The third-order valence-electron chi connectivity index (χ3n) is 3.38. The van der Waals surface area contributed by atoms with Crippen LogP contribution in [0.3, 0.4) is 0 Å². The lowest BCUT2D eigenvalue weighted by molar-refractivity contribution is 0.102. The zero-order valence-electron chi connectivity index (χ0n) is 12.1. The van der Waals surface area contributed by atoms with E-state index >= 15 is 0 Å². The van der Waals surface area contributed by atoms with Crippen molar-refractivity contribution in [3.8, 4) is 5.75 Å². The molecular weight excluding hydrogens is 302 g/mol. The second-order valence-electron chi connectivity index (χ2n) is 5.12. The second-order valence-corrected chi connectivity index (χ2v) is 5.53. The molecule has 0 radical (unpaired) electrons. The van der Waals surface area contributed by atoms with E-state index < -0.39 is 0 Å². The number of aromatic nitrogens is 1. The number of halogens is 1. The van der Waals surface area contributed by atoms with Gasteiger partial charge >= 0.3 is 0 Å². The Kier molecular flexibility index (Phi) is 4.15. The molecule has 1 aromatic heterocycles. The molecule has 3 rings (SSSR count). The molecule has 0 atom stereocenters. The molecule has 5 nitrogen and oxygen atoms in total. The fourth-order valence-electron chi connectivity index (χ4n) is 2.07. The van der Waals surface area contributed by atoms with Gasteiger partial charge < -0.3 is 15.4 Å². The number of hydrogen-bond donors (Lipinski definition) is 2. The Bertz CT molecular complexity index is 702. The van der Waals surface area contributed by atoms with Gasteiger partial charge in [0.15, 0.2) is 0 Å². The molecule has 1 aromatic carbocycles. The number of nitrogens with one attached hydrogen (secondary N) is 2. The number of hydrogen-bond acceptors (Lipinski definition) is 4. The van der Waals surface area contributed by atoms with Gasteiger partial charge in [0.25, 0.3) is 5.91 Å². The molecule has 0 aliphatic heterocycles. The molecule has 1 aliphatic rings. The van der Waals surface area contributed by atoms with Crippen molar-refractivity contribution in [1.82, 2.24) is 4.98 Å². The van der Waals surface area contributed by atoms with E-state index in [0.29, 0.717) is 33.9 Å². The van der Waals surface area contributed by atoms with Gasteiger partial charge in [0.05, 0.1) is 17.7 Å². The molecule has 0 spiro atoms. The first-order chi connectivity index (χ1) is 10.7. The summed E-state index contributed by atoms with van der Waals surface area (Å²) < 4.78 is 5.09. The summed E-state index contributed by atoms with van der Waals surface area (Å²) in [6.45, 7) is 0. The first-order valence-electron chi connectivity index (χ1n) is 7.04. The minimum Gasteiger partial charge on any atom is -0.495 e. The number of rotatable bonds is 5. The van der Waals surface area contributed by atoms with Gasteiger partial charge in [0, 0.05) is 17.9 Å². The lowest BCUT2D eigenvalue weighted by Gasteiger charge is -2.11. The molecule has 6 heteroatoms. The van der Waals surface area contributed by atoms with Crippen LogP contribution in [0.2, 0.25) is 5.02 Å². The molecule has 1 aliphatic carbocycles. The third kappa shape index (κ3) is 3.31. The maximum absolute atomic E-state index is 12.4. The Balaban J connectivity index is 1.78. The molecule has 0 unspecified atom stereocenters. The largest absolute Gasteiger partial charge is 0.495 e. The van der Waals surface area contributed by atoms with Crippen molar-refractivity contribution in [2.45, 2.75) is 18.9 Å². The number of methoxy groups -OCH3 is 1. The average molecular weight is 318 g/mol. The number of anilines is 2. The van der Waals surface area contributed by atoms with Crippen molar-refractivity contribution in [2.24, 2.45) is 0 Å². The summed E-state index contributed by atoms with van der Waals surface area (Å²) in [6.07, 6.45) is 3.91. The Morgan fingerprint density at radius 3 is 2.86 bits per heavy atom. The molecular formula is C16H16ClN3O2. The van der Waals surface area contributed by atoms with Crippen molar-refractivity contribution in [2.75, 3.05) is 17.7 Å². The van der Waals surface area contributed by atoms with Gasteiger partial charge in [0.1, 0.15) is 11.6 Å². The van der Waals surface area contributed by atoms with Crippen molar-refractivity contribution >= 4 is 29.0 Å². The zero-order chi connectivity index (χ0) is 15.5. The maximum atomic E-state index is 12.4. The van der Waals surface area contributed by atoms with Gasteiger partial charge in [-0.3, -0.25) is 4.79 Å². The molecule has 22 heavy (non-hydrogen) atoms. The number of carbonyl (C=O) groups excluding carboxylic acids is 1. The number of ether oxygens (including phenoxy) is 1. The highest BCUT2D eigenvalue weighted by atomic mass is 35.5. The fourth-order valence-corrected chi connectivity index (χ4v) is 2.32. The second kappa shape index (κ2) is 6.23. The van der Waals surface area contributed by atoms with Crippen LogP contribution in [0.5, 0.6) is 5.75 Å². The third-order valence-corrected chi connectivity index (χ3v) is 3.68. The molecule has 114 valence electrons. The van der Waals surface area contributed by atoms with Crippen LogP contribution in [-0.4, -0.2) is 24.0 Å². The Morgan fingerprint density at radius 1 is 1.36 bits per heavy atom. The van der Waals surface area contributed by atoms with Crippen LogP contribution in [0.25, 0.3) is 0 Å². The first kappa shape index (κ1) is 14.7. The number of amides is 1. The topological polar surface area (TPSA) is 63.2 Å². The predicted molar refractivity (Wildman–Crippen MR) is 86.8 cm³/mol. The lowest BCUT2D eigenvalue weighted by atomic mass is 10.2. The minimum absolute atomic E-state index is 0.225. The van der Waals surface area contributed by atoms with E-state index in [1.54, 1.807) is 43.6 Å². The van der Waals surface area contributed by atoms with Crippen LogP contribution in [-0.2, 0) is 0 Å². The lowest BCUT2D eigenvalue weighted by Crippen LogP contribution is -2.16. The van der Waals surface area contributed by atoms with E-state index in [-0.39, 0.29) is 5.91 Å². The minimum atomic E-state index is -0.225. The van der Waals surface area contributed by atoms with Crippen molar-refractivity contribution in [3.63, 3.8) is 0 Å². The summed E-state index contributed by atoms with van der Waals surface area (Å²) in [4.78, 5) is 16.7. The summed E-state index contributed by atoms with van der Waals surface area (Å²) >= 11 is 6.07. The van der Waals surface area contributed by atoms with Gasteiger partial charge in [-0.05, 0) is 43.2 Å². The molecule has 1 heterocycles. The number of carbonyl (C=O) groups is 1. The normalized spacial score (nSPS) is 13.5. The molecule has 0 bridgehead atoms. The van der Waals surface area contributed by atoms with Crippen LogP contribution in [0.4, 0.5) is 11.5 Å². The summed E-state index contributed by atoms with van der Waals surface area (Å²) in [7, 11) is 1.55. The molecule has 1 fully saturated rings. The molecule has 2 N–H and O–H groups in total. The standard InChI is InChI=1S/C16H16ClN3O2/c1-22-14-7-6-11(9-13(14)17)20-16(21)12-3-2-8-18-15(12)19-10-4-5-10/h2-3,6-10H,4-5H2,1H3,(H,18,19)(H,20,21). The van der Waals surface area contributed by atoms with E-state index in [0.717, 1.165) is 12.8 Å². The first-order valence-corrected chi connectivity index (χ1v) is 7.41. The Hall–Kier alpha value is -2.27. The van der Waals surface area contributed by atoms with Crippen molar-refractivity contribution < 1.29 is 9.53 Å². The maximum Gasteiger partial charge on any atom is 0.259 e. The summed E-state index contributed by atoms with van der Waals surface area (Å²) in [5.41, 5.74) is 1.12. The van der Waals surface area contributed by atoms with Crippen LogP contribution in [0.15, 0.2) is 36.5 Å². The van der Waals surface area contributed by atoms with Crippen LogP contribution >= 0.6 is 11.6 Å². The van der Waals surface area contributed by atoms with Crippen LogP contribution in [0.1, 0.15) is 23.2 Å². The molecule has 1 amide bonds. The van der Waals surface area contributed by atoms with E-state index in [2.05, 4.69) is 15.6 Å². The monoisotopic (exact) mass is 317 g/mol. The zero-order valence-corrected chi connectivity index (χ0v) is 12.9. The van der Waals surface area contributed by atoms with Gasteiger partial charge in [-0.1, -0.05) is 11.6 Å². The number of benzene rings is 1. The van der Waals surface area contributed by atoms with Crippen LogP contribution < -0.4 is 15.4 Å². The molecule has 1 saturated carbocycles. The average Bonchev–Trinajstić information content (AvgIpc) is 3.32. The Labute approximate surface area is 133 Å². The quantitative estimate of drug-likeness (QED) is 0.885. The summed E-state index contributed by atoms with van der Waals surface area (Å²) in [5.74, 6) is 0.955. The highest BCUT2D eigenvalue weighted by molar-refractivity contribution is 6.32. The Morgan fingerprint density at radius 2 is 2.18 bits per heavy atom. The fraction of sp³-hybridized carbons (Fsp3) is 0.250. The summed E-state index contributed by atoms with van der Waals surface area (Å²) in [6, 6.07) is 9.03. The predicted octanol–water partition coefficient (Wildman–Crippen LogP) is 3.57. The van der Waals surface area contributed by atoms with Gasteiger partial charge in [0.2, 0.25) is 0 Å². The highest BCUT2D eigenvalue weighted by Crippen LogP contribution is 2.28. The van der Waals surface area contributed by atoms with Gasteiger partial charge in [-0.2, -0.15) is 0 Å². The number of pyridine rings is 1. The van der Waals surface area contributed by atoms with Crippen molar-refractivity contribution in [3.05, 3.63) is 47.1 Å². The van der Waals surface area contributed by atoms with Gasteiger partial charge in [-0.15, -0.1) is 0 Å². The van der Waals surface area contributed by atoms with Crippen molar-refractivity contribution in [1.29, 1.82) is 0 Å². The van der Waals surface area contributed by atoms with Gasteiger partial charge in [-0.25, -0.2) is 4.98 Å². The number of nitrogens with zero attached hydrogens (tertiary/aromatic N) is 1. The van der Waals surface area contributed by atoms with E-state index in [1.807, 2.05) is 0 Å². The van der Waals surface area contributed by atoms with E-state index in [9.17, 15) is 4.79 Å². The smallest absolute Gasteiger partial charge is 0.259 e. The van der Waals surface area contributed by atoms with E-state index in [4.69, 9.17) is 16.3 Å². The highest BCUT2D eigenvalue weighted by Gasteiger charge is 2.23. The van der Waals surface area contributed by atoms with E-state index in [1.165, 1.54) is 0 Å². The summed E-state index contributed by atoms with van der Waals surface area (Å²) in [5, 5.41) is 6.54.